The van der Waals surface area contributed by atoms with Gasteiger partial charge in [0.25, 0.3) is 0 Å². The first kappa shape index (κ1) is 24.3. The summed E-state index contributed by atoms with van der Waals surface area (Å²) in [5, 5.41) is 7.90. The van der Waals surface area contributed by atoms with E-state index in [1.807, 2.05) is 6.07 Å². The maximum absolute atomic E-state index is 12.6. The summed E-state index contributed by atoms with van der Waals surface area (Å²) in [6, 6.07) is 18.8. The molecule has 0 atom stereocenters. The molecule has 172 valence electrons. The highest BCUT2D eigenvalue weighted by Gasteiger charge is 2.09. The predicted octanol–water partition coefficient (Wildman–Crippen LogP) is 9.41. The van der Waals surface area contributed by atoms with E-state index in [-0.39, 0.29) is 5.91 Å². The second-order valence-electron chi connectivity index (χ2n) is 9.23. The summed E-state index contributed by atoms with van der Waals surface area (Å²) < 4.78 is 0. The molecule has 0 bridgehead atoms. The monoisotopic (exact) mass is 431 g/mol. The number of carbonyl (C=O) groups is 1. The number of rotatable bonds is 15. The number of hydrogen-bond donors (Lipinski definition) is 1. The van der Waals surface area contributed by atoms with Crippen molar-refractivity contribution in [1.29, 1.82) is 0 Å². The SMILES string of the molecule is CCCCCCCCCCCCCCCC(=O)Nc1cc2ccccc2c2ccccc12. The van der Waals surface area contributed by atoms with Crippen molar-refractivity contribution in [3.05, 3.63) is 54.6 Å². The predicted molar refractivity (Wildman–Crippen MR) is 140 cm³/mol. The van der Waals surface area contributed by atoms with Gasteiger partial charge in [0.15, 0.2) is 0 Å². The molecule has 0 aliphatic heterocycles. The third-order valence-electron chi connectivity index (χ3n) is 6.55. The van der Waals surface area contributed by atoms with Crippen LogP contribution in [0.2, 0.25) is 0 Å². The van der Waals surface area contributed by atoms with E-state index in [2.05, 4.69) is 60.8 Å². The Morgan fingerprint density at radius 3 is 1.75 bits per heavy atom. The van der Waals surface area contributed by atoms with Crippen LogP contribution in [-0.4, -0.2) is 5.91 Å². The molecule has 0 radical (unpaired) electrons. The molecule has 2 nitrogen and oxygen atoms in total. The van der Waals surface area contributed by atoms with Crippen molar-refractivity contribution >= 4 is 33.1 Å². The standard InChI is InChI=1S/C30H41NO/c1-2-3-4-5-6-7-8-9-10-11-12-13-14-23-30(32)31-29-24-25-19-15-16-20-26(25)27-21-17-18-22-28(27)29/h15-22,24H,2-14,23H2,1H3,(H,31,32). The fourth-order valence-electron chi connectivity index (χ4n) is 4.67. The lowest BCUT2D eigenvalue weighted by molar-refractivity contribution is -0.116. The number of anilines is 1. The van der Waals surface area contributed by atoms with Crippen molar-refractivity contribution in [2.45, 2.75) is 96.8 Å². The van der Waals surface area contributed by atoms with Crippen molar-refractivity contribution in [2.24, 2.45) is 0 Å². The first-order valence-corrected chi connectivity index (χ1v) is 13.0. The summed E-state index contributed by atoms with van der Waals surface area (Å²) in [5.41, 5.74) is 0.930. The fraction of sp³-hybridized carbons (Fsp3) is 0.500. The summed E-state index contributed by atoms with van der Waals surface area (Å²) in [5.74, 6) is 0.133. The zero-order valence-electron chi connectivity index (χ0n) is 20.0. The summed E-state index contributed by atoms with van der Waals surface area (Å²) in [4.78, 5) is 12.6. The summed E-state index contributed by atoms with van der Waals surface area (Å²) in [6.07, 6.45) is 17.8. The third kappa shape index (κ3) is 7.65. The van der Waals surface area contributed by atoms with Gasteiger partial charge in [0.2, 0.25) is 5.91 Å². The van der Waals surface area contributed by atoms with Crippen molar-refractivity contribution in [3.8, 4) is 0 Å². The zero-order valence-corrected chi connectivity index (χ0v) is 20.0. The zero-order chi connectivity index (χ0) is 22.4. The van der Waals surface area contributed by atoms with E-state index in [4.69, 9.17) is 0 Å². The minimum atomic E-state index is 0.133. The lowest BCUT2D eigenvalue weighted by Gasteiger charge is -2.12. The molecular weight excluding hydrogens is 390 g/mol. The van der Waals surface area contributed by atoms with E-state index in [9.17, 15) is 4.79 Å². The quantitative estimate of drug-likeness (QED) is 0.188. The lowest BCUT2D eigenvalue weighted by atomic mass is 10.00. The van der Waals surface area contributed by atoms with E-state index < -0.39 is 0 Å². The molecule has 0 saturated heterocycles. The number of carbonyl (C=O) groups excluding carboxylic acids is 1. The molecule has 32 heavy (non-hydrogen) atoms. The third-order valence-corrected chi connectivity index (χ3v) is 6.55. The van der Waals surface area contributed by atoms with Gasteiger partial charge in [-0.3, -0.25) is 4.79 Å². The Kier molecular flexibility index (Phi) is 10.6. The van der Waals surface area contributed by atoms with Crippen LogP contribution in [-0.2, 0) is 4.79 Å². The van der Waals surface area contributed by atoms with Crippen molar-refractivity contribution in [2.75, 3.05) is 5.32 Å². The second-order valence-corrected chi connectivity index (χ2v) is 9.23. The Morgan fingerprint density at radius 1 is 0.625 bits per heavy atom. The van der Waals surface area contributed by atoms with Crippen LogP contribution in [0.25, 0.3) is 21.5 Å². The summed E-state index contributed by atoms with van der Waals surface area (Å²) in [7, 11) is 0. The Bertz CT molecular complexity index is 961. The van der Waals surface area contributed by atoms with Crippen molar-refractivity contribution in [3.63, 3.8) is 0 Å². The van der Waals surface area contributed by atoms with E-state index >= 15 is 0 Å². The number of fused-ring (bicyclic) bond motifs is 3. The molecule has 0 saturated carbocycles. The molecule has 0 heterocycles. The Balaban J connectivity index is 1.32. The van der Waals surface area contributed by atoms with Gasteiger partial charge in [0.1, 0.15) is 0 Å². The second kappa shape index (κ2) is 13.9. The van der Waals surface area contributed by atoms with Crippen LogP contribution in [0.5, 0.6) is 0 Å². The number of nitrogens with one attached hydrogen (secondary N) is 1. The van der Waals surface area contributed by atoms with E-state index in [0.717, 1.165) is 23.9 Å². The van der Waals surface area contributed by atoms with Crippen LogP contribution in [0.1, 0.15) is 96.8 Å². The first-order valence-electron chi connectivity index (χ1n) is 13.0. The highest BCUT2D eigenvalue weighted by Crippen LogP contribution is 2.32. The van der Waals surface area contributed by atoms with Crippen molar-refractivity contribution < 1.29 is 4.79 Å². The minimum Gasteiger partial charge on any atom is -0.325 e. The molecule has 0 fully saturated rings. The highest BCUT2D eigenvalue weighted by atomic mass is 16.1. The van der Waals surface area contributed by atoms with Gasteiger partial charge < -0.3 is 5.32 Å². The van der Waals surface area contributed by atoms with Crippen molar-refractivity contribution in [1.82, 2.24) is 0 Å². The summed E-state index contributed by atoms with van der Waals surface area (Å²) in [6.45, 7) is 2.28. The molecule has 0 aliphatic rings. The van der Waals surface area contributed by atoms with Gasteiger partial charge in [-0.25, -0.2) is 0 Å². The molecule has 0 spiro atoms. The van der Waals surface area contributed by atoms with Gasteiger partial charge in [0, 0.05) is 17.5 Å². The normalized spacial score (nSPS) is 11.3. The van der Waals surface area contributed by atoms with Gasteiger partial charge >= 0.3 is 0 Å². The van der Waals surface area contributed by atoms with Crippen LogP contribution in [0.4, 0.5) is 5.69 Å². The minimum absolute atomic E-state index is 0.133. The molecule has 1 amide bonds. The highest BCUT2D eigenvalue weighted by molar-refractivity contribution is 6.15. The molecule has 1 N–H and O–H groups in total. The van der Waals surface area contributed by atoms with Gasteiger partial charge in [-0.2, -0.15) is 0 Å². The number of benzene rings is 3. The van der Waals surface area contributed by atoms with Crippen LogP contribution >= 0.6 is 0 Å². The molecule has 0 aromatic heterocycles. The fourth-order valence-corrected chi connectivity index (χ4v) is 4.67. The van der Waals surface area contributed by atoms with E-state index in [1.54, 1.807) is 0 Å². The molecule has 3 aromatic rings. The average molecular weight is 432 g/mol. The van der Waals surface area contributed by atoms with Gasteiger partial charge in [-0.15, -0.1) is 0 Å². The molecule has 2 heteroatoms. The topological polar surface area (TPSA) is 29.1 Å². The Morgan fingerprint density at radius 2 is 1.12 bits per heavy atom. The van der Waals surface area contributed by atoms with E-state index in [0.29, 0.717) is 6.42 Å². The van der Waals surface area contributed by atoms with Crippen LogP contribution < -0.4 is 5.32 Å². The molecule has 0 aliphatic carbocycles. The first-order chi connectivity index (χ1) is 15.8. The molecule has 3 aromatic carbocycles. The smallest absolute Gasteiger partial charge is 0.224 e. The number of amides is 1. The number of unbranched alkanes of at least 4 members (excludes halogenated alkanes) is 12. The molecule has 0 unspecified atom stereocenters. The van der Waals surface area contributed by atoms with Crippen LogP contribution in [0.15, 0.2) is 54.6 Å². The maximum atomic E-state index is 12.6. The largest absolute Gasteiger partial charge is 0.325 e. The van der Waals surface area contributed by atoms with Crippen LogP contribution in [0, 0.1) is 0 Å². The Labute approximate surface area is 194 Å². The van der Waals surface area contributed by atoms with Gasteiger partial charge in [0.05, 0.1) is 0 Å². The summed E-state index contributed by atoms with van der Waals surface area (Å²) >= 11 is 0. The van der Waals surface area contributed by atoms with Gasteiger partial charge in [-0.1, -0.05) is 133 Å². The maximum Gasteiger partial charge on any atom is 0.224 e. The lowest BCUT2D eigenvalue weighted by Crippen LogP contribution is -2.11. The van der Waals surface area contributed by atoms with Crippen LogP contribution in [0.3, 0.4) is 0 Å². The van der Waals surface area contributed by atoms with Gasteiger partial charge in [-0.05, 0) is 28.6 Å². The number of hydrogen-bond acceptors (Lipinski definition) is 1. The average Bonchev–Trinajstić information content (AvgIpc) is 2.82. The molecular formula is C30H41NO. The molecule has 3 rings (SSSR count). The van der Waals surface area contributed by atoms with E-state index in [1.165, 1.54) is 86.8 Å². The Hall–Kier alpha value is -2.35.